The predicted molar refractivity (Wildman–Crippen MR) is 141 cm³/mol. The molecule has 9 nitrogen and oxygen atoms in total. The number of hydrogen-bond donors (Lipinski definition) is 2. The van der Waals surface area contributed by atoms with Gasteiger partial charge in [-0.2, -0.15) is 0 Å². The maximum Gasteiger partial charge on any atom is 0.573 e. The average molecular weight is 556 g/mol. The van der Waals surface area contributed by atoms with Crippen LogP contribution in [0.15, 0.2) is 72.9 Å². The quantitative estimate of drug-likeness (QED) is 0.397. The molecule has 4 rings (SSSR count). The van der Waals surface area contributed by atoms with Crippen molar-refractivity contribution in [1.82, 2.24) is 15.2 Å². The van der Waals surface area contributed by atoms with E-state index < -0.39 is 48.0 Å². The van der Waals surface area contributed by atoms with Crippen LogP contribution in [-0.4, -0.2) is 47.2 Å². The van der Waals surface area contributed by atoms with E-state index in [2.05, 4.69) is 15.0 Å². The molecule has 12 heteroatoms. The summed E-state index contributed by atoms with van der Waals surface area (Å²) in [7, 11) is 1.57. The number of rotatable bonds is 8. The Morgan fingerprint density at radius 3 is 2.40 bits per heavy atom. The Morgan fingerprint density at radius 1 is 1.12 bits per heavy atom. The van der Waals surface area contributed by atoms with Crippen molar-refractivity contribution >= 4 is 29.4 Å². The number of benzene rings is 2. The number of β-lactam (4-membered cyclic amide) rings is 1. The molecule has 210 valence electrons. The molecule has 2 aromatic carbocycles. The summed E-state index contributed by atoms with van der Waals surface area (Å²) in [5.41, 5.74) is 7.57. The molecule has 0 aliphatic carbocycles. The number of nitrogen functional groups attached to an aromatic ring is 1. The number of para-hydroxylation sites is 1. The second kappa shape index (κ2) is 11.6. The van der Waals surface area contributed by atoms with Gasteiger partial charge in [0.05, 0.1) is 12.0 Å². The van der Waals surface area contributed by atoms with E-state index in [1.807, 2.05) is 0 Å². The number of nitrogens with two attached hydrogens (primary N) is 1. The summed E-state index contributed by atoms with van der Waals surface area (Å²) >= 11 is 0. The summed E-state index contributed by atoms with van der Waals surface area (Å²) in [4.78, 5) is 46.5. The third-order valence-corrected chi connectivity index (χ3v) is 6.68. The number of hydrogen-bond acceptors (Lipinski definition) is 6. The Hall–Kier alpha value is -4.61. The second-order valence-corrected chi connectivity index (χ2v) is 9.31. The molecule has 0 saturated carbocycles. The van der Waals surface area contributed by atoms with Crippen LogP contribution in [0.3, 0.4) is 0 Å². The van der Waals surface area contributed by atoms with E-state index in [1.54, 1.807) is 56.4 Å². The second-order valence-electron chi connectivity index (χ2n) is 9.31. The van der Waals surface area contributed by atoms with Gasteiger partial charge < -0.3 is 20.7 Å². The number of urea groups is 1. The fraction of sp³-hybridized carbons (Fsp3) is 0.286. The summed E-state index contributed by atoms with van der Waals surface area (Å²) in [6.45, 7) is 1.77. The van der Waals surface area contributed by atoms with Gasteiger partial charge in [0.15, 0.2) is 0 Å². The van der Waals surface area contributed by atoms with Gasteiger partial charge in [-0.15, -0.1) is 13.2 Å². The van der Waals surface area contributed by atoms with Gasteiger partial charge in [0, 0.05) is 18.9 Å². The smallest absolute Gasteiger partial charge is 0.406 e. The van der Waals surface area contributed by atoms with Crippen molar-refractivity contribution in [2.45, 2.75) is 38.2 Å². The lowest BCUT2D eigenvalue weighted by molar-refractivity contribution is -0.274. The molecule has 1 aromatic heterocycles. The number of halogens is 3. The van der Waals surface area contributed by atoms with Gasteiger partial charge in [0.1, 0.15) is 17.6 Å². The van der Waals surface area contributed by atoms with E-state index in [0.29, 0.717) is 23.2 Å². The van der Waals surface area contributed by atoms with E-state index in [4.69, 9.17) is 5.73 Å². The number of anilines is 2. The van der Waals surface area contributed by atoms with Crippen LogP contribution in [0.5, 0.6) is 5.75 Å². The third kappa shape index (κ3) is 6.33. The minimum absolute atomic E-state index is 0.173. The first-order chi connectivity index (χ1) is 19.0. The van der Waals surface area contributed by atoms with Crippen molar-refractivity contribution in [3.8, 4) is 5.75 Å². The average Bonchev–Trinajstić information content (AvgIpc) is 2.92. The van der Waals surface area contributed by atoms with Gasteiger partial charge in [-0.25, -0.2) is 9.78 Å². The standard InChI is InChI=1S/C28H28F3N5O4/c1-3-22(18-9-11-20(12-10-18)40-28(29,30)31)34-27(39)36-24(26(38)35(2)19-7-5-4-6-8-19)21(25(36)37)15-17-13-14-33-23(32)16-17/h4-14,16,21-22,24H,3,15H2,1-2H3,(H2,32,33)(H,34,39)/t21?,22-,24+/m1/s1. The van der Waals surface area contributed by atoms with Crippen molar-refractivity contribution in [3.63, 3.8) is 0 Å². The Labute approximate surface area is 228 Å². The number of aromatic nitrogens is 1. The first-order valence-electron chi connectivity index (χ1n) is 12.5. The van der Waals surface area contributed by atoms with E-state index in [0.717, 1.165) is 17.0 Å². The summed E-state index contributed by atoms with van der Waals surface area (Å²) < 4.78 is 41.4. The van der Waals surface area contributed by atoms with Gasteiger partial charge >= 0.3 is 12.4 Å². The van der Waals surface area contributed by atoms with Crippen molar-refractivity contribution in [2.75, 3.05) is 17.7 Å². The zero-order chi connectivity index (χ0) is 29.0. The number of pyridine rings is 1. The number of nitrogens with one attached hydrogen (secondary N) is 1. The number of alkyl halides is 3. The number of nitrogens with zero attached hydrogens (tertiary/aromatic N) is 3. The Kier molecular flexibility index (Phi) is 8.26. The number of likely N-dealkylation sites (tertiary alicyclic amines) is 1. The summed E-state index contributed by atoms with van der Waals surface area (Å²) in [5.74, 6) is -1.93. The van der Waals surface area contributed by atoms with Crippen molar-refractivity contribution in [1.29, 1.82) is 0 Å². The lowest BCUT2D eigenvalue weighted by Crippen LogP contribution is -2.70. The highest BCUT2D eigenvalue weighted by Crippen LogP contribution is 2.34. The van der Waals surface area contributed by atoms with Crippen LogP contribution in [0.2, 0.25) is 0 Å². The fourth-order valence-corrected chi connectivity index (χ4v) is 4.65. The number of imide groups is 1. The highest BCUT2D eigenvalue weighted by molar-refractivity contribution is 6.12. The molecule has 2 heterocycles. The number of likely N-dealkylation sites (N-methyl/N-ethyl adjacent to an activating group) is 1. The normalized spacial score (nSPS) is 17.5. The molecule has 3 atom stereocenters. The molecule has 0 radical (unpaired) electrons. The fourth-order valence-electron chi connectivity index (χ4n) is 4.65. The molecule has 0 bridgehead atoms. The largest absolute Gasteiger partial charge is 0.573 e. The SMILES string of the molecule is CC[C@@H](NC(=O)N1C(=O)C(Cc2ccnc(N)c2)[C@H]1C(=O)N(C)c1ccccc1)c1ccc(OC(F)(F)F)cc1. The van der Waals surface area contributed by atoms with Crippen LogP contribution in [0.1, 0.15) is 30.5 Å². The maximum atomic E-state index is 13.6. The molecule has 40 heavy (non-hydrogen) atoms. The molecule has 3 N–H and O–H groups in total. The highest BCUT2D eigenvalue weighted by atomic mass is 19.4. The van der Waals surface area contributed by atoms with Crippen LogP contribution >= 0.6 is 0 Å². The molecule has 4 amide bonds. The van der Waals surface area contributed by atoms with Crippen molar-refractivity contribution < 1.29 is 32.3 Å². The topological polar surface area (TPSA) is 118 Å². The van der Waals surface area contributed by atoms with Gasteiger partial charge in [-0.3, -0.25) is 14.5 Å². The lowest BCUT2D eigenvalue weighted by Gasteiger charge is -2.46. The van der Waals surface area contributed by atoms with Crippen LogP contribution in [0.4, 0.5) is 29.5 Å². The number of amides is 4. The number of ether oxygens (including phenoxy) is 1. The number of carbonyl (C=O) groups is 3. The van der Waals surface area contributed by atoms with E-state index >= 15 is 0 Å². The highest BCUT2D eigenvalue weighted by Gasteiger charge is 2.55. The third-order valence-electron chi connectivity index (χ3n) is 6.68. The Balaban J connectivity index is 1.55. The van der Waals surface area contributed by atoms with Crippen LogP contribution in [0, 0.1) is 5.92 Å². The number of carbonyl (C=O) groups excluding carboxylic acids is 3. The van der Waals surface area contributed by atoms with Crippen molar-refractivity contribution in [3.05, 3.63) is 84.1 Å². The minimum Gasteiger partial charge on any atom is -0.406 e. The predicted octanol–water partition coefficient (Wildman–Crippen LogP) is 4.46. The molecule has 1 aliphatic heterocycles. The molecule has 3 aromatic rings. The summed E-state index contributed by atoms with van der Waals surface area (Å²) in [6, 6.07) is 14.7. The summed E-state index contributed by atoms with van der Waals surface area (Å²) in [6.07, 6.45) is -2.78. The molecule has 1 unspecified atom stereocenters. The van der Waals surface area contributed by atoms with Crippen LogP contribution in [-0.2, 0) is 16.0 Å². The Bertz CT molecular complexity index is 1370. The van der Waals surface area contributed by atoms with Gasteiger partial charge in [0.25, 0.3) is 5.91 Å². The van der Waals surface area contributed by atoms with Gasteiger partial charge in [-0.1, -0.05) is 37.3 Å². The molecule has 1 aliphatic rings. The molecular formula is C28H28F3N5O4. The maximum absolute atomic E-state index is 13.6. The Morgan fingerprint density at radius 2 is 1.80 bits per heavy atom. The van der Waals surface area contributed by atoms with Gasteiger partial charge in [0.2, 0.25) is 5.91 Å². The zero-order valence-corrected chi connectivity index (χ0v) is 21.8. The summed E-state index contributed by atoms with van der Waals surface area (Å²) in [5, 5.41) is 2.74. The molecule has 1 saturated heterocycles. The monoisotopic (exact) mass is 555 g/mol. The molecule has 0 spiro atoms. The van der Waals surface area contributed by atoms with E-state index in [1.165, 1.54) is 23.2 Å². The van der Waals surface area contributed by atoms with Crippen LogP contribution < -0.4 is 20.7 Å². The van der Waals surface area contributed by atoms with E-state index in [9.17, 15) is 27.6 Å². The lowest BCUT2D eigenvalue weighted by atomic mass is 9.81. The van der Waals surface area contributed by atoms with Gasteiger partial charge in [-0.05, 0) is 60.4 Å². The minimum atomic E-state index is -4.83. The molecular weight excluding hydrogens is 527 g/mol. The first kappa shape index (κ1) is 28.4. The van der Waals surface area contributed by atoms with Crippen molar-refractivity contribution in [2.24, 2.45) is 5.92 Å². The zero-order valence-electron chi connectivity index (χ0n) is 21.8. The molecule has 1 fully saturated rings. The van der Waals surface area contributed by atoms with Crippen LogP contribution in [0.25, 0.3) is 0 Å². The van der Waals surface area contributed by atoms with E-state index in [-0.39, 0.29) is 12.2 Å². The first-order valence-corrected chi connectivity index (χ1v) is 12.5.